The first-order chi connectivity index (χ1) is 13.1. The van der Waals surface area contributed by atoms with Crippen LogP contribution in [0.5, 0.6) is 5.75 Å². The molecule has 0 spiro atoms. The number of ether oxygens (including phenoxy) is 1. The van der Waals surface area contributed by atoms with Crippen LogP contribution in [-0.2, 0) is 6.61 Å². The third-order valence-corrected chi connectivity index (χ3v) is 4.40. The Morgan fingerprint density at radius 2 is 1.81 bits per heavy atom. The van der Waals surface area contributed by atoms with Crippen LogP contribution in [0.15, 0.2) is 82.4 Å². The van der Waals surface area contributed by atoms with Crippen molar-refractivity contribution in [2.45, 2.75) is 6.61 Å². The monoisotopic (exact) mass is 423 g/mol. The zero-order valence-electron chi connectivity index (χ0n) is 14.4. The Labute approximate surface area is 166 Å². The number of nitrogens with zero attached hydrogens (tertiary/aromatic N) is 1. The number of para-hydroxylation sites is 1. The number of benzene rings is 3. The van der Waals surface area contributed by atoms with Gasteiger partial charge in [0.05, 0.1) is 16.3 Å². The van der Waals surface area contributed by atoms with Gasteiger partial charge >= 0.3 is 0 Å². The maximum absolute atomic E-state index is 12.1. The van der Waals surface area contributed by atoms with Crippen molar-refractivity contribution < 1.29 is 9.53 Å². The van der Waals surface area contributed by atoms with E-state index in [0.717, 1.165) is 21.3 Å². The summed E-state index contributed by atoms with van der Waals surface area (Å²) in [7, 11) is 0. The molecule has 0 aliphatic carbocycles. The van der Waals surface area contributed by atoms with Gasteiger partial charge in [0, 0.05) is 5.69 Å². The van der Waals surface area contributed by atoms with Gasteiger partial charge in [-0.1, -0.05) is 42.5 Å². The zero-order chi connectivity index (χ0) is 19.1. The molecule has 3 N–H and O–H groups in total. The highest BCUT2D eigenvalue weighted by atomic mass is 79.9. The van der Waals surface area contributed by atoms with E-state index in [2.05, 4.69) is 26.5 Å². The van der Waals surface area contributed by atoms with Crippen molar-refractivity contribution in [2.75, 3.05) is 5.73 Å². The molecular weight excluding hydrogens is 406 g/mol. The van der Waals surface area contributed by atoms with E-state index in [1.54, 1.807) is 30.5 Å². The molecule has 0 aliphatic rings. The van der Waals surface area contributed by atoms with Crippen LogP contribution in [0.25, 0.3) is 0 Å². The van der Waals surface area contributed by atoms with E-state index >= 15 is 0 Å². The van der Waals surface area contributed by atoms with Crippen LogP contribution in [0.4, 0.5) is 5.69 Å². The van der Waals surface area contributed by atoms with Gasteiger partial charge in [0.1, 0.15) is 12.4 Å². The number of hydrogen-bond donors (Lipinski definition) is 2. The molecule has 136 valence electrons. The molecule has 3 aromatic carbocycles. The Morgan fingerprint density at radius 1 is 1.07 bits per heavy atom. The average molecular weight is 424 g/mol. The largest absolute Gasteiger partial charge is 0.488 e. The number of amides is 1. The lowest BCUT2D eigenvalue weighted by Crippen LogP contribution is -2.18. The Kier molecular flexibility index (Phi) is 6.22. The number of hydrazone groups is 1. The van der Waals surface area contributed by atoms with Crippen molar-refractivity contribution in [3.63, 3.8) is 0 Å². The summed E-state index contributed by atoms with van der Waals surface area (Å²) >= 11 is 3.50. The normalized spacial score (nSPS) is 10.7. The van der Waals surface area contributed by atoms with Gasteiger partial charge in [-0.3, -0.25) is 4.79 Å². The molecule has 0 unspecified atom stereocenters. The fraction of sp³-hybridized carbons (Fsp3) is 0.0476. The molecular formula is C21H18BrN3O2. The summed E-state index contributed by atoms with van der Waals surface area (Å²) in [6.07, 6.45) is 1.56. The number of anilines is 1. The molecule has 0 atom stereocenters. The second-order valence-corrected chi connectivity index (χ2v) is 6.60. The third kappa shape index (κ3) is 5.18. The lowest BCUT2D eigenvalue weighted by molar-refractivity contribution is 0.0956. The minimum Gasteiger partial charge on any atom is -0.488 e. The molecule has 5 nitrogen and oxygen atoms in total. The van der Waals surface area contributed by atoms with Crippen LogP contribution in [0.1, 0.15) is 21.5 Å². The summed E-state index contributed by atoms with van der Waals surface area (Å²) in [4.78, 5) is 12.1. The number of hydrogen-bond acceptors (Lipinski definition) is 4. The predicted molar refractivity (Wildman–Crippen MR) is 111 cm³/mol. The molecule has 0 radical (unpaired) electrons. The number of carbonyl (C=O) groups is 1. The van der Waals surface area contributed by atoms with Crippen LogP contribution < -0.4 is 15.9 Å². The summed E-state index contributed by atoms with van der Waals surface area (Å²) in [5.41, 5.74) is 11.0. The van der Waals surface area contributed by atoms with Crippen molar-refractivity contribution in [2.24, 2.45) is 5.10 Å². The summed E-state index contributed by atoms with van der Waals surface area (Å²) in [5.74, 6) is 0.378. The highest BCUT2D eigenvalue weighted by Crippen LogP contribution is 2.26. The number of rotatable bonds is 6. The fourth-order valence-electron chi connectivity index (χ4n) is 2.38. The smallest absolute Gasteiger partial charge is 0.273 e. The van der Waals surface area contributed by atoms with Crippen LogP contribution in [0.3, 0.4) is 0 Å². The Bertz CT molecular complexity index is 959. The topological polar surface area (TPSA) is 76.7 Å². The quantitative estimate of drug-likeness (QED) is 0.351. The van der Waals surface area contributed by atoms with Crippen molar-refractivity contribution in [1.29, 1.82) is 0 Å². The number of nitrogen functional groups attached to an aromatic ring is 1. The molecule has 27 heavy (non-hydrogen) atoms. The van der Waals surface area contributed by atoms with E-state index in [-0.39, 0.29) is 5.91 Å². The van der Waals surface area contributed by atoms with Crippen LogP contribution in [0, 0.1) is 0 Å². The lowest BCUT2D eigenvalue weighted by atomic mass is 10.2. The van der Waals surface area contributed by atoms with Gasteiger partial charge in [0.15, 0.2) is 0 Å². The molecule has 3 rings (SSSR count). The van der Waals surface area contributed by atoms with Gasteiger partial charge in [-0.05, 0) is 57.4 Å². The van der Waals surface area contributed by atoms with Crippen LogP contribution >= 0.6 is 15.9 Å². The van der Waals surface area contributed by atoms with E-state index in [0.29, 0.717) is 17.9 Å². The Morgan fingerprint density at radius 3 is 2.56 bits per heavy atom. The first-order valence-corrected chi connectivity index (χ1v) is 9.07. The molecule has 0 fully saturated rings. The number of nitrogens with one attached hydrogen (secondary N) is 1. The first kappa shape index (κ1) is 18.7. The molecule has 0 heterocycles. The number of nitrogens with two attached hydrogens (primary N) is 1. The summed E-state index contributed by atoms with van der Waals surface area (Å²) in [6.45, 7) is 0.488. The fourth-order valence-corrected chi connectivity index (χ4v) is 2.89. The highest BCUT2D eigenvalue weighted by Gasteiger charge is 2.07. The van der Waals surface area contributed by atoms with E-state index in [4.69, 9.17) is 10.5 Å². The summed E-state index contributed by atoms with van der Waals surface area (Å²) < 4.78 is 6.62. The molecule has 0 bridgehead atoms. The van der Waals surface area contributed by atoms with Crippen molar-refractivity contribution in [3.8, 4) is 5.75 Å². The molecule has 3 aromatic rings. The van der Waals surface area contributed by atoms with Crippen molar-refractivity contribution >= 4 is 33.7 Å². The van der Waals surface area contributed by atoms with Crippen LogP contribution in [-0.4, -0.2) is 12.1 Å². The first-order valence-electron chi connectivity index (χ1n) is 8.27. The van der Waals surface area contributed by atoms with Gasteiger partial charge in [-0.2, -0.15) is 5.10 Å². The molecule has 0 aromatic heterocycles. The van der Waals surface area contributed by atoms with Crippen LogP contribution in [0.2, 0.25) is 0 Å². The summed E-state index contributed by atoms with van der Waals surface area (Å²) in [6, 6.07) is 22.4. The van der Waals surface area contributed by atoms with Crippen molar-refractivity contribution in [1.82, 2.24) is 5.43 Å². The molecule has 1 amide bonds. The van der Waals surface area contributed by atoms with Gasteiger partial charge < -0.3 is 10.5 Å². The highest BCUT2D eigenvalue weighted by molar-refractivity contribution is 9.10. The van der Waals surface area contributed by atoms with Gasteiger partial charge in [0.2, 0.25) is 0 Å². The molecule has 0 aliphatic heterocycles. The van der Waals surface area contributed by atoms with Gasteiger partial charge in [-0.25, -0.2) is 5.43 Å². The lowest BCUT2D eigenvalue weighted by Gasteiger charge is -2.09. The number of carbonyl (C=O) groups excluding carboxylic acids is 1. The molecule has 6 heteroatoms. The minimum absolute atomic E-state index is 0.355. The Balaban J connectivity index is 1.59. The zero-order valence-corrected chi connectivity index (χ0v) is 16.0. The maximum Gasteiger partial charge on any atom is 0.273 e. The van der Waals surface area contributed by atoms with Crippen molar-refractivity contribution in [3.05, 3.63) is 94.0 Å². The predicted octanol–water partition coefficient (Wildman–Crippen LogP) is 4.37. The van der Waals surface area contributed by atoms with E-state index in [1.807, 2.05) is 48.5 Å². The Hall–Kier alpha value is -3.12. The van der Waals surface area contributed by atoms with E-state index in [1.165, 1.54) is 0 Å². The molecule has 0 saturated heterocycles. The maximum atomic E-state index is 12.1. The van der Waals surface area contributed by atoms with E-state index in [9.17, 15) is 4.79 Å². The van der Waals surface area contributed by atoms with Gasteiger partial charge in [0.25, 0.3) is 5.91 Å². The standard InChI is InChI=1S/C21H18BrN3O2/c22-18-12-16(10-11-20(18)27-14-15-6-2-1-3-7-15)13-24-25-21(26)17-8-4-5-9-19(17)23/h1-13H,14,23H2,(H,25,26)/b24-13-. The third-order valence-electron chi connectivity index (χ3n) is 3.78. The molecule has 0 saturated carbocycles. The average Bonchev–Trinajstić information content (AvgIpc) is 2.68. The second kappa shape index (κ2) is 9.00. The minimum atomic E-state index is -0.355. The second-order valence-electron chi connectivity index (χ2n) is 5.75. The number of halogens is 1. The summed E-state index contributed by atoms with van der Waals surface area (Å²) in [5, 5.41) is 3.98. The SMILES string of the molecule is Nc1ccccc1C(=O)N/N=C\c1ccc(OCc2ccccc2)c(Br)c1. The van der Waals surface area contributed by atoms with E-state index < -0.39 is 0 Å². The van der Waals surface area contributed by atoms with Gasteiger partial charge in [-0.15, -0.1) is 0 Å².